The molecular formula is C10H12ClF3O4. The van der Waals surface area contributed by atoms with Crippen LogP contribution in [0.4, 0.5) is 18.0 Å². The second kappa shape index (κ2) is 4.54. The lowest BCUT2D eigenvalue weighted by molar-refractivity contribution is -0.291. The van der Waals surface area contributed by atoms with E-state index in [0.29, 0.717) is 13.2 Å². The molecule has 1 aliphatic carbocycles. The van der Waals surface area contributed by atoms with E-state index >= 15 is 0 Å². The normalized spacial score (nSPS) is 26.2. The number of alkyl halides is 3. The topological polar surface area (TPSA) is 44.8 Å². The Bertz CT molecular complexity index is 329. The first-order chi connectivity index (χ1) is 8.29. The summed E-state index contributed by atoms with van der Waals surface area (Å²) < 4.78 is 54.0. The summed E-state index contributed by atoms with van der Waals surface area (Å²) in [4.78, 5) is 10.7. The van der Waals surface area contributed by atoms with Gasteiger partial charge in [0.2, 0.25) is 5.60 Å². The molecule has 1 aliphatic heterocycles. The van der Waals surface area contributed by atoms with E-state index in [0.717, 1.165) is 0 Å². The molecule has 0 aromatic carbocycles. The first kappa shape index (κ1) is 13.9. The summed E-state index contributed by atoms with van der Waals surface area (Å²) in [6, 6.07) is 0. The average molecular weight is 289 g/mol. The highest BCUT2D eigenvalue weighted by molar-refractivity contribution is 6.61. The minimum absolute atomic E-state index is 0.0245. The van der Waals surface area contributed by atoms with Gasteiger partial charge in [0.1, 0.15) is 0 Å². The van der Waals surface area contributed by atoms with Crippen LogP contribution in [0.25, 0.3) is 0 Å². The number of hydrogen-bond donors (Lipinski definition) is 0. The van der Waals surface area contributed by atoms with Crippen LogP contribution in [0.1, 0.15) is 25.7 Å². The van der Waals surface area contributed by atoms with E-state index < -0.39 is 35.8 Å². The molecule has 0 aromatic rings. The Hall–Kier alpha value is -0.530. The van der Waals surface area contributed by atoms with Gasteiger partial charge in [-0.1, -0.05) is 0 Å². The van der Waals surface area contributed by atoms with E-state index in [1.165, 1.54) is 0 Å². The molecule has 0 N–H and O–H groups in total. The first-order valence-electron chi connectivity index (χ1n) is 5.52. The molecule has 8 heteroatoms. The number of hydrogen-bond acceptors (Lipinski definition) is 4. The molecule has 0 aromatic heterocycles. The van der Waals surface area contributed by atoms with Crippen LogP contribution >= 0.6 is 11.6 Å². The Morgan fingerprint density at radius 1 is 1.11 bits per heavy atom. The molecule has 1 saturated carbocycles. The summed E-state index contributed by atoms with van der Waals surface area (Å²) >= 11 is 4.93. The highest BCUT2D eigenvalue weighted by Crippen LogP contribution is 2.49. The predicted octanol–water partition coefficient (Wildman–Crippen LogP) is 2.98. The molecule has 0 radical (unpaired) electrons. The lowest BCUT2D eigenvalue weighted by atomic mass is 9.80. The number of ether oxygens (including phenoxy) is 3. The van der Waals surface area contributed by atoms with Crippen molar-refractivity contribution in [3.8, 4) is 0 Å². The van der Waals surface area contributed by atoms with Gasteiger partial charge in [0.05, 0.1) is 13.2 Å². The third kappa shape index (κ3) is 2.44. The monoisotopic (exact) mass is 288 g/mol. The maximum Gasteiger partial charge on any atom is 0.428 e. The second-order valence-corrected chi connectivity index (χ2v) is 4.75. The average Bonchev–Trinajstić information content (AvgIpc) is 2.69. The van der Waals surface area contributed by atoms with Crippen molar-refractivity contribution >= 4 is 17.0 Å². The van der Waals surface area contributed by atoms with Crippen LogP contribution in [0, 0.1) is 0 Å². The van der Waals surface area contributed by atoms with Crippen molar-refractivity contribution < 1.29 is 32.2 Å². The SMILES string of the molecule is O=C(Cl)OC1(C(F)(F)F)CCC2(CC1)OCCO2. The molecule has 0 bridgehead atoms. The highest BCUT2D eigenvalue weighted by atomic mass is 35.5. The van der Waals surface area contributed by atoms with Crippen LogP contribution in [0.3, 0.4) is 0 Å². The minimum Gasteiger partial charge on any atom is -0.437 e. The number of carbonyl (C=O) groups is 1. The fourth-order valence-electron chi connectivity index (χ4n) is 2.42. The molecule has 104 valence electrons. The third-order valence-electron chi connectivity index (χ3n) is 3.43. The molecule has 2 rings (SSSR count). The van der Waals surface area contributed by atoms with Crippen molar-refractivity contribution in [1.29, 1.82) is 0 Å². The molecule has 2 aliphatic rings. The lowest BCUT2D eigenvalue weighted by Crippen LogP contribution is -2.54. The first-order valence-corrected chi connectivity index (χ1v) is 5.90. The fraction of sp³-hybridized carbons (Fsp3) is 0.900. The summed E-state index contributed by atoms with van der Waals surface area (Å²) in [6.07, 6.45) is -5.42. The van der Waals surface area contributed by atoms with Gasteiger partial charge in [-0.15, -0.1) is 0 Å². The van der Waals surface area contributed by atoms with Crippen molar-refractivity contribution in [2.24, 2.45) is 0 Å². The molecule has 0 amide bonds. The Morgan fingerprint density at radius 3 is 2.00 bits per heavy atom. The largest absolute Gasteiger partial charge is 0.437 e. The van der Waals surface area contributed by atoms with Gasteiger partial charge in [-0.2, -0.15) is 13.2 Å². The van der Waals surface area contributed by atoms with Crippen LogP contribution in [0.5, 0.6) is 0 Å². The zero-order valence-electron chi connectivity index (χ0n) is 9.39. The Labute approximate surface area is 106 Å². The van der Waals surface area contributed by atoms with E-state index in [1.54, 1.807) is 0 Å². The van der Waals surface area contributed by atoms with Crippen LogP contribution < -0.4 is 0 Å². The van der Waals surface area contributed by atoms with Crippen LogP contribution in [-0.4, -0.2) is 36.2 Å². The van der Waals surface area contributed by atoms with Gasteiger partial charge >= 0.3 is 11.6 Å². The van der Waals surface area contributed by atoms with Gasteiger partial charge < -0.3 is 14.2 Å². The van der Waals surface area contributed by atoms with Crippen LogP contribution in [0.2, 0.25) is 0 Å². The standard InChI is InChI=1S/C10H12ClF3O4/c11-7(15)18-8(10(12,13)14)1-3-9(4-2-8)16-5-6-17-9/h1-6H2. The zero-order chi connectivity index (χ0) is 13.4. The molecule has 1 spiro atoms. The van der Waals surface area contributed by atoms with Crippen LogP contribution in [0.15, 0.2) is 0 Å². The lowest BCUT2D eigenvalue weighted by Gasteiger charge is -2.43. The van der Waals surface area contributed by atoms with E-state index in [4.69, 9.17) is 21.1 Å². The van der Waals surface area contributed by atoms with Crippen molar-refractivity contribution in [1.82, 2.24) is 0 Å². The number of carbonyl (C=O) groups excluding carboxylic acids is 1. The van der Waals surface area contributed by atoms with E-state index in [2.05, 4.69) is 4.74 Å². The van der Waals surface area contributed by atoms with Gasteiger partial charge in [-0.3, -0.25) is 0 Å². The molecule has 1 saturated heterocycles. The summed E-state index contributed by atoms with van der Waals surface area (Å²) in [5, 5.41) is 0. The molecule has 18 heavy (non-hydrogen) atoms. The fourth-order valence-corrected chi connectivity index (χ4v) is 2.57. The number of halogens is 4. The molecule has 2 fully saturated rings. The quantitative estimate of drug-likeness (QED) is 0.696. The van der Waals surface area contributed by atoms with Gasteiger partial charge in [-0.05, 0) is 0 Å². The smallest absolute Gasteiger partial charge is 0.428 e. The van der Waals surface area contributed by atoms with Gasteiger partial charge in [0.15, 0.2) is 5.79 Å². The molecule has 1 heterocycles. The maximum absolute atomic E-state index is 13.0. The molecule has 0 atom stereocenters. The zero-order valence-corrected chi connectivity index (χ0v) is 10.1. The summed E-state index contributed by atoms with van der Waals surface area (Å²) in [6.45, 7) is 0.739. The van der Waals surface area contributed by atoms with Crippen LogP contribution in [-0.2, 0) is 14.2 Å². The summed E-state index contributed by atoms with van der Waals surface area (Å²) in [5.41, 5.74) is -3.97. The summed E-state index contributed by atoms with van der Waals surface area (Å²) in [7, 11) is 0. The Balaban J connectivity index is 2.12. The Morgan fingerprint density at radius 2 is 1.61 bits per heavy atom. The Kier molecular flexibility index (Phi) is 3.50. The van der Waals surface area contributed by atoms with E-state index in [1.807, 2.05) is 0 Å². The number of rotatable bonds is 1. The predicted molar refractivity (Wildman–Crippen MR) is 54.2 cm³/mol. The summed E-state index contributed by atoms with van der Waals surface area (Å²) in [5.74, 6) is -0.951. The second-order valence-electron chi connectivity index (χ2n) is 4.44. The maximum atomic E-state index is 13.0. The molecular weight excluding hydrogens is 277 g/mol. The van der Waals surface area contributed by atoms with E-state index in [9.17, 15) is 18.0 Å². The minimum atomic E-state index is -4.65. The highest BCUT2D eigenvalue weighted by Gasteiger charge is 2.62. The molecule has 4 nitrogen and oxygen atoms in total. The van der Waals surface area contributed by atoms with Gasteiger partial charge in [0.25, 0.3) is 0 Å². The van der Waals surface area contributed by atoms with E-state index in [-0.39, 0.29) is 12.8 Å². The van der Waals surface area contributed by atoms with Crippen molar-refractivity contribution in [2.45, 2.75) is 43.2 Å². The van der Waals surface area contributed by atoms with Crippen molar-refractivity contribution in [3.05, 3.63) is 0 Å². The van der Waals surface area contributed by atoms with Gasteiger partial charge in [0, 0.05) is 37.3 Å². The van der Waals surface area contributed by atoms with Crippen molar-refractivity contribution in [2.75, 3.05) is 13.2 Å². The third-order valence-corrected chi connectivity index (χ3v) is 3.50. The van der Waals surface area contributed by atoms with Crippen molar-refractivity contribution in [3.63, 3.8) is 0 Å². The molecule has 0 unspecified atom stereocenters. The van der Waals surface area contributed by atoms with Gasteiger partial charge in [-0.25, -0.2) is 4.79 Å².